The van der Waals surface area contributed by atoms with Gasteiger partial charge in [-0.1, -0.05) is 217 Å². The summed E-state index contributed by atoms with van der Waals surface area (Å²) in [5.74, 6) is -0.867. The molecule has 0 radical (unpaired) electrons. The number of rotatable bonds is 19. The van der Waals surface area contributed by atoms with E-state index in [0.717, 1.165) is 49.5 Å². The second-order valence-corrected chi connectivity index (χ2v) is 22.4. The van der Waals surface area contributed by atoms with E-state index in [1.54, 1.807) is 36.0 Å². The Labute approximate surface area is 486 Å². The average molecular weight is 1140 g/mol. The molecule has 0 saturated carbocycles. The van der Waals surface area contributed by atoms with E-state index in [0.29, 0.717) is 22.2 Å². The molecule has 82 heavy (non-hydrogen) atoms. The third-order valence-corrected chi connectivity index (χ3v) is 17.5. The summed E-state index contributed by atoms with van der Waals surface area (Å²) < 4.78 is 15.3. The minimum absolute atomic E-state index is 0.0434. The maximum Gasteiger partial charge on any atom is 0.355 e. The van der Waals surface area contributed by atoms with Crippen molar-refractivity contribution >= 4 is 74.0 Å². The number of imidazole rings is 1. The molecule has 2 amide bonds. The van der Waals surface area contributed by atoms with Crippen LogP contribution in [-0.2, 0) is 48.8 Å². The first kappa shape index (κ1) is 53.3. The molecule has 12 rings (SSSR count). The van der Waals surface area contributed by atoms with Crippen LogP contribution >= 0.6 is 34.4 Å². The Morgan fingerprint density at radius 3 is 1.78 bits per heavy atom. The van der Waals surface area contributed by atoms with Gasteiger partial charge in [0.05, 0.1) is 14.2 Å². The molecule has 1 saturated heterocycles. The van der Waals surface area contributed by atoms with E-state index in [1.165, 1.54) is 28.0 Å². The second kappa shape index (κ2) is 23.4. The van der Waals surface area contributed by atoms with Crippen molar-refractivity contribution in [2.24, 2.45) is 12.2 Å². The minimum atomic E-state index is -1.37. The highest BCUT2D eigenvalue weighted by atomic mass is 32.2. The number of aryl methyl sites for hydroxylation is 1. The molecule has 2 N–H and O–H groups in total. The zero-order valence-electron chi connectivity index (χ0n) is 44.6. The van der Waals surface area contributed by atoms with Gasteiger partial charge in [-0.25, -0.2) is 14.3 Å². The van der Waals surface area contributed by atoms with Crippen LogP contribution in [0.5, 0.6) is 5.75 Å². The van der Waals surface area contributed by atoms with Crippen LogP contribution in [0.25, 0.3) is 10.9 Å². The molecule has 0 bridgehead atoms. The molecule has 0 aliphatic carbocycles. The van der Waals surface area contributed by atoms with Crippen LogP contribution in [0, 0.1) is 0 Å². The topological polar surface area (TPSA) is 140 Å². The molecular formula is C66H54N7O6S3+. The van der Waals surface area contributed by atoms with Crippen molar-refractivity contribution in [1.29, 1.82) is 0 Å². The molecule has 0 spiro atoms. The maximum absolute atomic E-state index is 15.5. The quantitative estimate of drug-likeness (QED) is 0.0202. The molecule has 5 heterocycles. The van der Waals surface area contributed by atoms with E-state index in [-0.39, 0.29) is 23.7 Å². The SMILES string of the molecule is COc1ccc(COC(=O)C2=C(C=Cc3csc4cn(C)c[n+]34)CS[C@@H]3[C@H](NC(=O)/C(=N\OC(c4ccccc4)(c4ccccc4)c4ccccc4)c4csc(NC(c5ccccc5)(c5ccccc5)c5ccccc5)n4)C(=O)N23)cc1. The zero-order chi connectivity index (χ0) is 56.0. The van der Waals surface area contributed by atoms with Crippen LogP contribution in [0.1, 0.15) is 50.3 Å². The number of esters is 1. The van der Waals surface area contributed by atoms with Gasteiger partial charge in [-0.05, 0) is 46.0 Å². The van der Waals surface area contributed by atoms with Crippen molar-refractivity contribution in [1.82, 2.24) is 19.8 Å². The number of allylic oxidation sites excluding steroid dienone is 1. The lowest BCUT2D eigenvalue weighted by Gasteiger charge is -2.49. The van der Waals surface area contributed by atoms with E-state index in [4.69, 9.17) is 24.5 Å². The zero-order valence-corrected chi connectivity index (χ0v) is 47.0. The monoisotopic (exact) mass is 1140 g/mol. The van der Waals surface area contributed by atoms with Gasteiger partial charge in [0, 0.05) is 33.2 Å². The first-order valence-corrected chi connectivity index (χ1v) is 29.3. The van der Waals surface area contributed by atoms with Gasteiger partial charge < -0.3 is 24.9 Å². The Kier molecular flexibility index (Phi) is 15.2. The number of hydrogen-bond donors (Lipinski definition) is 2. The van der Waals surface area contributed by atoms with Crippen LogP contribution in [0.4, 0.5) is 5.13 Å². The molecule has 7 aromatic carbocycles. The number of nitrogens with zero attached hydrogens (tertiary/aromatic N) is 5. The summed E-state index contributed by atoms with van der Waals surface area (Å²) in [7, 11) is 3.55. The predicted octanol–water partition coefficient (Wildman–Crippen LogP) is 11.5. The van der Waals surface area contributed by atoms with Crippen LogP contribution in [0.2, 0.25) is 0 Å². The van der Waals surface area contributed by atoms with E-state index >= 15 is 4.79 Å². The first-order chi connectivity index (χ1) is 40.2. The molecule has 2 aliphatic heterocycles. The van der Waals surface area contributed by atoms with Crippen LogP contribution in [-0.4, -0.2) is 62.2 Å². The Bertz CT molecular complexity index is 3790. The van der Waals surface area contributed by atoms with E-state index in [9.17, 15) is 9.59 Å². The normalized spacial score (nSPS) is 15.5. The molecule has 2 aliphatic rings. The van der Waals surface area contributed by atoms with Gasteiger partial charge in [-0.2, -0.15) is 4.40 Å². The fourth-order valence-corrected chi connectivity index (χ4v) is 13.6. The summed E-state index contributed by atoms with van der Waals surface area (Å²) in [6.07, 6.45) is 7.81. The number of carbonyl (C=O) groups is 3. The molecule has 10 aromatic rings. The molecular weight excluding hydrogens is 1080 g/mol. The fraction of sp³-hybridized carbons (Fsp3) is 0.121. The standard InChI is InChI=1S/C66H53N7O6S3/c1-71-39-56-72(44-71)53(42-80-56)36-35-46-41-81-62-58(61(75)73(62)59(46)63(76)78-40-45-33-37-54(77-2)38-34-45)68-60(74)57(70-79-66(50-27-15-6-16-28-50,51-29-17-7-18-30-51)52-31-19-8-20-32-52)55-43-82-64(67-55)69-65(47-21-9-3-10-22-47,48-23-11-4-12-24-48)49-25-13-5-14-26-49/h3-39,42-44,58,62H,40-41H2,1-2H3,(H-,67,68,69,74)/p+1/b36-35?,70-57-/t58-,62-/m1/s1. The number of ether oxygens (including phenoxy) is 2. The number of amides is 2. The van der Waals surface area contributed by atoms with Gasteiger partial charge in [0.15, 0.2) is 10.8 Å². The number of aromatic nitrogens is 3. The van der Waals surface area contributed by atoms with E-state index in [1.807, 2.05) is 199 Å². The van der Waals surface area contributed by atoms with Gasteiger partial charge in [0.2, 0.25) is 16.8 Å². The van der Waals surface area contributed by atoms with Gasteiger partial charge >= 0.3 is 5.97 Å². The van der Waals surface area contributed by atoms with Crippen LogP contribution < -0.4 is 19.8 Å². The minimum Gasteiger partial charge on any atom is -0.497 e. The number of oxime groups is 1. The van der Waals surface area contributed by atoms with Gasteiger partial charge in [0.25, 0.3) is 11.8 Å². The molecule has 1 fully saturated rings. The highest BCUT2D eigenvalue weighted by Gasteiger charge is 2.55. The number of nitrogens with one attached hydrogen (secondary N) is 2. The third-order valence-electron chi connectivity index (χ3n) is 14.6. The molecule has 13 nitrogen and oxygen atoms in total. The fourth-order valence-electron chi connectivity index (χ4n) is 10.6. The van der Waals surface area contributed by atoms with Crippen LogP contribution in [0.15, 0.2) is 252 Å². The average Bonchev–Trinajstić information content (AvgIpc) is 3.32. The van der Waals surface area contributed by atoms with Crippen molar-refractivity contribution in [2.45, 2.75) is 29.2 Å². The first-order valence-electron chi connectivity index (χ1n) is 26.5. The second-order valence-electron chi connectivity index (χ2n) is 19.6. The number of anilines is 1. The van der Waals surface area contributed by atoms with Crippen LogP contribution in [0.3, 0.4) is 0 Å². The number of benzene rings is 7. The van der Waals surface area contributed by atoms with Gasteiger partial charge in [-0.3, -0.25) is 14.5 Å². The number of methoxy groups -OCH3 is 1. The van der Waals surface area contributed by atoms with Gasteiger partial charge in [-0.15, -0.1) is 23.1 Å². The van der Waals surface area contributed by atoms with Gasteiger partial charge in [0.1, 0.15) is 52.6 Å². The lowest BCUT2D eigenvalue weighted by atomic mass is 9.77. The van der Waals surface area contributed by atoms with E-state index < -0.39 is 40.3 Å². The summed E-state index contributed by atoms with van der Waals surface area (Å²) in [5.41, 5.74) is 5.23. The number of hydrogen-bond acceptors (Lipinski definition) is 12. The summed E-state index contributed by atoms with van der Waals surface area (Å²) in [6, 6.07) is 65.9. The largest absolute Gasteiger partial charge is 0.497 e. The molecule has 3 aromatic heterocycles. The van der Waals surface area contributed by atoms with E-state index in [2.05, 4.69) is 51.4 Å². The maximum atomic E-state index is 15.5. The van der Waals surface area contributed by atoms with Crippen molar-refractivity contribution in [3.05, 3.63) is 297 Å². The summed E-state index contributed by atoms with van der Waals surface area (Å²) in [4.78, 5) is 59.5. The number of thioether (sulfide) groups is 1. The van der Waals surface area contributed by atoms with Crippen molar-refractivity contribution < 1.29 is 33.1 Å². The lowest BCUT2D eigenvalue weighted by molar-refractivity contribution is -0.510. The number of thiazole rings is 2. The van der Waals surface area contributed by atoms with Crippen molar-refractivity contribution in [2.75, 3.05) is 18.2 Å². The highest BCUT2D eigenvalue weighted by molar-refractivity contribution is 8.00. The summed E-state index contributed by atoms with van der Waals surface area (Å²) >= 11 is 4.34. The molecule has 16 heteroatoms. The molecule has 2 atom stereocenters. The lowest BCUT2D eigenvalue weighted by Crippen LogP contribution is -2.71. The van der Waals surface area contributed by atoms with Crippen molar-refractivity contribution in [3.63, 3.8) is 0 Å². The number of fused-ring (bicyclic) bond motifs is 2. The predicted molar refractivity (Wildman–Crippen MR) is 322 cm³/mol. The third kappa shape index (κ3) is 10.3. The molecule has 406 valence electrons. The smallest absolute Gasteiger partial charge is 0.355 e. The Morgan fingerprint density at radius 1 is 0.707 bits per heavy atom. The highest BCUT2D eigenvalue weighted by Crippen LogP contribution is 2.44. The molecule has 0 unspecified atom stereocenters. The number of β-lactam (4-membered cyclic amide) rings is 1. The Morgan fingerprint density at radius 2 is 1.24 bits per heavy atom. The Hall–Kier alpha value is -9.35. The van der Waals surface area contributed by atoms with Crippen molar-refractivity contribution in [3.8, 4) is 5.75 Å². The summed E-state index contributed by atoms with van der Waals surface area (Å²) in [5, 5.41) is 15.4. The number of carbonyl (C=O) groups excluding carboxylic acids is 3. The Balaban J connectivity index is 0.928. The summed E-state index contributed by atoms with van der Waals surface area (Å²) in [6.45, 7) is -0.0434.